The smallest absolute Gasteiger partial charge is 0.326 e. The van der Waals surface area contributed by atoms with Crippen molar-refractivity contribution < 1.29 is 43.8 Å². The monoisotopic (exact) mass is 492 g/mol. The molecule has 11 N–H and O–H groups in total. The third-order valence-corrected chi connectivity index (χ3v) is 4.68. The van der Waals surface area contributed by atoms with Gasteiger partial charge in [-0.3, -0.25) is 28.8 Å². The zero-order valence-electron chi connectivity index (χ0n) is 17.7. The van der Waals surface area contributed by atoms with E-state index in [2.05, 4.69) is 10.6 Å². The van der Waals surface area contributed by atoms with Crippen molar-refractivity contribution in [1.82, 2.24) is 16.0 Å². The van der Waals surface area contributed by atoms with E-state index in [0.29, 0.717) is 5.75 Å². The zero-order valence-corrected chi connectivity index (χ0v) is 18.6. The summed E-state index contributed by atoms with van der Waals surface area (Å²) in [7, 11) is 0. The number of carboxylic acid groups (broad SMARTS) is 2. The molecule has 0 saturated carbocycles. The summed E-state index contributed by atoms with van der Waals surface area (Å²) in [6.45, 7) is 0. The molecule has 5 amide bonds. The SMILES string of the molecule is CSCCC(NC(=O)C(N)CC(N)=O)C(=O)NC(CC(N)=O)C(=O)NC(CC(=O)O)C(=O)O. The van der Waals surface area contributed by atoms with Crippen molar-refractivity contribution in [3.05, 3.63) is 0 Å². The van der Waals surface area contributed by atoms with Crippen LogP contribution in [0.2, 0.25) is 0 Å². The number of carbonyl (C=O) groups excluding carboxylic acids is 5. The minimum absolute atomic E-state index is 0.0731. The lowest BCUT2D eigenvalue weighted by molar-refractivity contribution is -0.147. The van der Waals surface area contributed by atoms with Gasteiger partial charge in [-0.1, -0.05) is 0 Å². The standard InChI is InChI=1S/C17H28N6O9S/c1-33-3-2-8(21-14(28)7(18)4-11(19)24)15(29)22-9(5-12(20)25)16(30)23-10(17(31)32)6-13(26)27/h7-10H,2-6,18H2,1H3,(H2,19,24)(H2,20,25)(H,21,28)(H,22,29)(H,23,30)(H,26,27)(H,31,32). The number of carboxylic acids is 2. The van der Waals surface area contributed by atoms with Gasteiger partial charge in [0.15, 0.2) is 0 Å². The number of carbonyl (C=O) groups is 7. The molecule has 0 aromatic rings. The fraction of sp³-hybridized carbons (Fsp3) is 0.588. The maximum atomic E-state index is 12.7. The number of hydrogen-bond donors (Lipinski definition) is 8. The fourth-order valence-corrected chi connectivity index (χ4v) is 2.89. The van der Waals surface area contributed by atoms with Gasteiger partial charge in [0.1, 0.15) is 18.1 Å². The van der Waals surface area contributed by atoms with Gasteiger partial charge >= 0.3 is 11.9 Å². The predicted octanol–water partition coefficient (Wildman–Crippen LogP) is -4.17. The van der Waals surface area contributed by atoms with Crippen LogP contribution in [0.15, 0.2) is 0 Å². The Bertz CT molecular complexity index is 778. The van der Waals surface area contributed by atoms with Crippen LogP contribution in [-0.4, -0.2) is 87.9 Å². The van der Waals surface area contributed by atoms with Crippen LogP contribution in [0.5, 0.6) is 0 Å². The van der Waals surface area contributed by atoms with Gasteiger partial charge in [-0.2, -0.15) is 11.8 Å². The van der Waals surface area contributed by atoms with E-state index in [1.165, 1.54) is 11.8 Å². The summed E-state index contributed by atoms with van der Waals surface area (Å²) in [5, 5.41) is 24.3. The summed E-state index contributed by atoms with van der Waals surface area (Å²) in [6.07, 6.45) is -0.365. The molecule has 0 aliphatic carbocycles. The average Bonchev–Trinajstić information content (AvgIpc) is 2.68. The van der Waals surface area contributed by atoms with Gasteiger partial charge in [0.05, 0.1) is 25.3 Å². The Morgan fingerprint density at radius 2 is 1.24 bits per heavy atom. The van der Waals surface area contributed by atoms with Gasteiger partial charge in [-0.15, -0.1) is 0 Å². The van der Waals surface area contributed by atoms with E-state index < -0.39 is 84.9 Å². The second-order valence-electron chi connectivity index (χ2n) is 6.85. The fourth-order valence-electron chi connectivity index (χ4n) is 2.42. The lowest BCUT2D eigenvalue weighted by atomic mass is 10.1. The number of amides is 5. The molecule has 33 heavy (non-hydrogen) atoms. The Morgan fingerprint density at radius 3 is 1.70 bits per heavy atom. The maximum absolute atomic E-state index is 12.7. The summed E-state index contributed by atoms with van der Waals surface area (Å²) < 4.78 is 0. The van der Waals surface area contributed by atoms with E-state index in [9.17, 15) is 33.6 Å². The summed E-state index contributed by atoms with van der Waals surface area (Å²) in [5.74, 6) is -7.59. The van der Waals surface area contributed by atoms with Crippen LogP contribution in [0.3, 0.4) is 0 Å². The Labute approximate surface area is 192 Å². The molecule has 0 radical (unpaired) electrons. The van der Waals surface area contributed by atoms with E-state index >= 15 is 0 Å². The molecular formula is C17H28N6O9S. The molecule has 0 spiro atoms. The maximum Gasteiger partial charge on any atom is 0.326 e. The first-order valence-corrected chi connectivity index (χ1v) is 10.8. The van der Waals surface area contributed by atoms with Crippen molar-refractivity contribution in [3.8, 4) is 0 Å². The van der Waals surface area contributed by atoms with Crippen LogP contribution < -0.4 is 33.2 Å². The predicted molar refractivity (Wildman–Crippen MR) is 114 cm³/mol. The Kier molecular flexibility index (Phi) is 13.1. The number of hydrogen-bond acceptors (Lipinski definition) is 9. The molecule has 0 aliphatic heterocycles. The topological polar surface area (TPSA) is 274 Å². The van der Waals surface area contributed by atoms with Crippen molar-refractivity contribution in [3.63, 3.8) is 0 Å². The minimum atomic E-state index is -1.83. The molecule has 0 rings (SSSR count). The van der Waals surface area contributed by atoms with Crippen molar-refractivity contribution in [1.29, 1.82) is 0 Å². The van der Waals surface area contributed by atoms with Crippen LogP contribution in [-0.2, 0) is 33.6 Å². The molecule has 0 bridgehead atoms. The molecule has 186 valence electrons. The Balaban J connectivity index is 5.51. The van der Waals surface area contributed by atoms with Crippen LogP contribution in [0.4, 0.5) is 0 Å². The lowest BCUT2D eigenvalue weighted by Gasteiger charge is -2.24. The average molecular weight is 493 g/mol. The first-order chi connectivity index (χ1) is 15.3. The number of aliphatic carboxylic acids is 2. The molecule has 0 fully saturated rings. The number of nitrogens with one attached hydrogen (secondary N) is 3. The highest BCUT2D eigenvalue weighted by Gasteiger charge is 2.32. The molecule has 0 aromatic carbocycles. The van der Waals surface area contributed by atoms with Crippen LogP contribution >= 0.6 is 11.8 Å². The normalized spacial score (nSPS) is 14.1. The van der Waals surface area contributed by atoms with Gasteiger partial charge in [0, 0.05) is 0 Å². The van der Waals surface area contributed by atoms with E-state index in [4.69, 9.17) is 27.4 Å². The minimum Gasteiger partial charge on any atom is -0.481 e. The third kappa shape index (κ3) is 12.3. The van der Waals surface area contributed by atoms with Gasteiger partial charge < -0.3 is 43.4 Å². The molecule has 0 heterocycles. The van der Waals surface area contributed by atoms with Crippen molar-refractivity contribution in [2.45, 2.75) is 49.9 Å². The van der Waals surface area contributed by atoms with Gasteiger partial charge in [0.25, 0.3) is 0 Å². The Morgan fingerprint density at radius 1 is 0.758 bits per heavy atom. The molecule has 15 nitrogen and oxygen atoms in total. The molecule has 4 unspecified atom stereocenters. The quantitative estimate of drug-likeness (QED) is 0.102. The molecule has 0 aromatic heterocycles. The highest BCUT2D eigenvalue weighted by molar-refractivity contribution is 7.98. The van der Waals surface area contributed by atoms with E-state index in [1.54, 1.807) is 6.26 Å². The molecular weight excluding hydrogens is 464 g/mol. The summed E-state index contributed by atoms with van der Waals surface area (Å²) in [6, 6.07) is -6.05. The molecule has 16 heteroatoms. The molecule has 0 saturated heterocycles. The van der Waals surface area contributed by atoms with Gasteiger partial charge in [-0.05, 0) is 18.4 Å². The lowest BCUT2D eigenvalue weighted by Crippen LogP contribution is -2.58. The highest BCUT2D eigenvalue weighted by Crippen LogP contribution is 2.05. The second-order valence-corrected chi connectivity index (χ2v) is 7.83. The van der Waals surface area contributed by atoms with Crippen LogP contribution in [0.25, 0.3) is 0 Å². The van der Waals surface area contributed by atoms with Crippen molar-refractivity contribution in [2.24, 2.45) is 17.2 Å². The summed E-state index contributed by atoms with van der Waals surface area (Å²) >= 11 is 1.34. The Hall–Kier alpha value is -3.40. The van der Waals surface area contributed by atoms with Crippen LogP contribution in [0, 0.1) is 0 Å². The van der Waals surface area contributed by atoms with E-state index in [1.807, 2.05) is 5.32 Å². The van der Waals surface area contributed by atoms with Crippen molar-refractivity contribution >= 4 is 53.2 Å². The van der Waals surface area contributed by atoms with E-state index in [0.717, 1.165) is 0 Å². The number of thioether (sulfide) groups is 1. The second kappa shape index (κ2) is 14.6. The number of rotatable bonds is 16. The molecule has 4 atom stereocenters. The van der Waals surface area contributed by atoms with Crippen LogP contribution in [0.1, 0.15) is 25.7 Å². The first kappa shape index (κ1) is 29.6. The summed E-state index contributed by atoms with van der Waals surface area (Å²) in [5.41, 5.74) is 15.6. The van der Waals surface area contributed by atoms with Crippen molar-refractivity contribution in [2.75, 3.05) is 12.0 Å². The number of primary amides is 2. The molecule has 0 aliphatic rings. The largest absolute Gasteiger partial charge is 0.481 e. The van der Waals surface area contributed by atoms with Gasteiger partial charge in [0.2, 0.25) is 29.5 Å². The zero-order chi connectivity index (χ0) is 25.7. The number of nitrogens with two attached hydrogens (primary N) is 3. The first-order valence-electron chi connectivity index (χ1n) is 9.45. The highest BCUT2D eigenvalue weighted by atomic mass is 32.2. The van der Waals surface area contributed by atoms with E-state index in [-0.39, 0.29) is 6.42 Å². The summed E-state index contributed by atoms with van der Waals surface area (Å²) in [4.78, 5) is 81.6. The third-order valence-electron chi connectivity index (χ3n) is 4.03. The van der Waals surface area contributed by atoms with Gasteiger partial charge in [-0.25, -0.2) is 4.79 Å².